The van der Waals surface area contributed by atoms with Gasteiger partial charge >= 0.3 is 0 Å². The van der Waals surface area contributed by atoms with E-state index in [9.17, 15) is 5.11 Å². The summed E-state index contributed by atoms with van der Waals surface area (Å²) in [6.07, 6.45) is 0. The molecule has 0 aliphatic heterocycles. The number of hydrogen-bond donors (Lipinski definition) is 3. The highest BCUT2D eigenvalue weighted by atomic mass is 32.1. The Hall–Kier alpha value is -2.01. The van der Waals surface area contributed by atoms with Gasteiger partial charge in [-0.1, -0.05) is 18.2 Å². The molecule has 3 N–H and O–H groups in total. The lowest BCUT2D eigenvalue weighted by Gasteiger charge is -2.16. The summed E-state index contributed by atoms with van der Waals surface area (Å²) in [6, 6.07) is 11.6. The zero-order valence-corrected chi connectivity index (χ0v) is 13.2. The Balaban J connectivity index is 2.02. The minimum Gasteiger partial charge on any atom is -0.508 e. The van der Waals surface area contributed by atoms with E-state index in [1.165, 1.54) is 4.88 Å². The first-order chi connectivity index (χ1) is 10.2. The van der Waals surface area contributed by atoms with Gasteiger partial charge in [0.25, 0.3) is 0 Å². The Morgan fingerprint density at radius 2 is 2.19 bits per heavy atom. The number of rotatable bonds is 5. The standard InChI is InChI=1S/C16H21N3OS/c1-3-17-16(19-12(2)15-8-5-9-21-15)18-11-13-6-4-7-14(20)10-13/h4-10,12,20H,3,11H2,1-2H3,(H2,17,18,19). The molecule has 0 aliphatic carbocycles. The van der Waals surface area contributed by atoms with Crippen LogP contribution in [0.4, 0.5) is 0 Å². The minimum atomic E-state index is 0.215. The van der Waals surface area contributed by atoms with Crippen LogP contribution in [0.25, 0.3) is 0 Å². The van der Waals surface area contributed by atoms with Crippen molar-refractivity contribution in [2.75, 3.05) is 6.54 Å². The first-order valence-corrected chi connectivity index (χ1v) is 7.93. The highest BCUT2D eigenvalue weighted by Gasteiger charge is 2.08. The van der Waals surface area contributed by atoms with Crippen molar-refractivity contribution in [1.29, 1.82) is 0 Å². The monoisotopic (exact) mass is 303 g/mol. The third-order valence-corrected chi connectivity index (χ3v) is 4.05. The number of nitrogens with zero attached hydrogens (tertiary/aromatic N) is 1. The van der Waals surface area contributed by atoms with Crippen molar-refractivity contribution in [1.82, 2.24) is 10.6 Å². The lowest BCUT2D eigenvalue weighted by atomic mass is 10.2. The summed E-state index contributed by atoms with van der Waals surface area (Å²) in [5.74, 6) is 1.05. The molecular formula is C16H21N3OS. The molecule has 1 atom stereocenters. The van der Waals surface area contributed by atoms with Gasteiger partial charge in [-0.05, 0) is 43.0 Å². The molecule has 2 aromatic rings. The molecule has 5 heteroatoms. The van der Waals surface area contributed by atoms with Crippen molar-refractivity contribution in [3.05, 3.63) is 52.2 Å². The smallest absolute Gasteiger partial charge is 0.192 e. The Bertz CT molecular complexity index is 581. The summed E-state index contributed by atoms with van der Waals surface area (Å²) < 4.78 is 0. The number of benzene rings is 1. The lowest BCUT2D eigenvalue weighted by molar-refractivity contribution is 0.474. The van der Waals surface area contributed by atoms with E-state index in [-0.39, 0.29) is 11.8 Å². The molecule has 0 amide bonds. The van der Waals surface area contributed by atoms with Gasteiger partial charge in [-0.2, -0.15) is 0 Å². The lowest BCUT2D eigenvalue weighted by Crippen LogP contribution is -2.38. The molecule has 0 spiro atoms. The van der Waals surface area contributed by atoms with E-state index in [0.29, 0.717) is 6.54 Å². The van der Waals surface area contributed by atoms with Crippen LogP contribution in [-0.4, -0.2) is 17.6 Å². The van der Waals surface area contributed by atoms with Crippen LogP contribution in [0.5, 0.6) is 5.75 Å². The Labute approximate surface area is 129 Å². The van der Waals surface area contributed by atoms with E-state index in [1.54, 1.807) is 23.5 Å². The number of hydrogen-bond acceptors (Lipinski definition) is 3. The molecule has 21 heavy (non-hydrogen) atoms. The highest BCUT2D eigenvalue weighted by Crippen LogP contribution is 2.18. The molecule has 1 unspecified atom stereocenters. The predicted molar refractivity (Wildman–Crippen MR) is 88.8 cm³/mol. The van der Waals surface area contributed by atoms with E-state index < -0.39 is 0 Å². The topological polar surface area (TPSA) is 56.7 Å². The van der Waals surface area contributed by atoms with Crippen LogP contribution < -0.4 is 10.6 Å². The first kappa shape index (κ1) is 15.4. The second kappa shape index (κ2) is 7.69. The molecule has 0 saturated heterocycles. The van der Waals surface area contributed by atoms with Crippen LogP contribution in [0.15, 0.2) is 46.8 Å². The zero-order valence-electron chi connectivity index (χ0n) is 12.3. The maximum atomic E-state index is 9.47. The first-order valence-electron chi connectivity index (χ1n) is 7.05. The van der Waals surface area contributed by atoms with Crippen LogP contribution in [0.1, 0.15) is 30.3 Å². The Kier molecular flexibility index (Phi) is 5.63. The van der Waals surface area contributed by atoms with E-state index in [2.05, 4.69) is 40.1 Å². The molecule has 0 fully saturated rings. The molecule has 4 nitrogen and oxygen atoms in total. The third kappa shape index (κ3) is 4.79. The van der Waals surface area contributed by atoms with Gasteiger partial charge in [0.1, 0.15) is 5.75 Å². The second-order valence-electron chi connectivity index (χ2n) is 4.75. The number of guanidine groups is 1. The van der Waals surface area contributed by atoms with E-state index in [0.717, 1.165) is 18.1 Å². The number of phenolic OH excluding ortho intramolecular Hbond substituents is 1. The molecule has 0 aliphatic rings. The predicted octanol–water partition coefficient (Wildman–Crippen LogP) is 3.27. The largest absolute Gasteiger partial charge is 0.508 e. The van der Waals surface area contributed by atoms with Crippen molar-refractivity contribution in [3.8, 4) is 5.75 Å². The zero-order chi connectivity index (χ0) is 15.1. The summed E-state index contributed by atoms with van der Waals surface area (Å²) in [6.45, 7) is 5.50. The highest BCUT2D eigenvalue weighted by molar-refractivity contribution is 7.10. The Morgan fingerprint density at radius 1 is 1.33 bits per heavy atom. The quantitative estimate of drug-likeness (QED) is 0.587. The van der Waals surface area contributed by atoms with E-state index in [1.807, 2.05) is 19.1 Å². The van der Waals surface area contributed by atoms with Crippen molar-refractivity contribution >= 4 is 17.3 Å². The summed E-state index contributed by atoms with van der Waals surface area (Å²) in [4.78, 5) is 5.84. The van der Waals surface area contributed by atoms with Crippen LogP contribution >= 0.6 is 11.3 Å². The molecule has 1 heterocycles. The van der Waals surface area contributed by atoms with Crippen LogP contribution in [0, 0.1) is 0 Å². The molecular weight excluding hydrogens is 282 g/mol. The molecule has 0 saturated carbocycles. The number of thiophene rings is 1. The minimum absolute atomic E-state index is 0.215. The van der Waals surface area contributed by atoms with Crippen LogP contribution in [-0.2, 0) is 6.54 Å². The van der Waals surface area contributed by atoms with Crippen LogP contribution in [0.3, 0.4) is 0 Å². The fraction of sp³-hybridized carbons (Fsp3) is 0.312. The van der Waals surface area contributed by atoms with E-state index >= 15 is 0 Å². The molecule has 1 aromatic heterocycles. The van der Waals surface area contributed by atoms with Crippen molar-refractivity contribution < 1.29 is 5.11 Å². The van der Waals surface area contributed by atoms with Crippen molar-refractivity contribution in [2.45, 2.75) is 26.4 Å². The average Bonchev–Trinajstić information content (AvgIpc) is 2.99. The fourth-order valence-electron chi connectivity index (χ4n) is 1.96. The summed E-state index contributed by atoms with van der Waals surface area (Å²) >= 11 is 1.73. The summed E-state index contributed by atoms with van der Waals surface area (Å²) in [5.41, 5.74) is 0.982. The van der Waals surface area contributed by atoms with Crippen molar-refractivity contribution in [2.24, 2.45) is 4.99 Å². The van der Waals surface area contributed by atoms with Gasteiger partial charge in [0.15, 0.2) is 5.96 Å². The van der Waals surface area contributed by atoms with Gasteiger partial charge in [0.05, 0.1) is 12.6 Å². The number of aromatic hydroxyl groups is 1. The van der Waals surface area contributed by atoms with Crippen LogP contribution in [0.2, 0.25) is 0 Å². The maximum Gasteiger partial charge on any atom is 0.192 e. The summed E-state index contributed by atoms with van der Waals surface area (Å²) in [7, 11) is 0. The molecule has 2 rings (SSSR count). The van der Waals surface area contributed by atoms with Gasteiger partial charge in [0.2, 0.25) is 0 Å². The molecule has 0 bridgehead atoms. The average molecular weight is 303 g/mol. The number of nitrogens with one attached hydrogen (secondary N) is 2. The van der Waals surface area contributed by atoms with Gasteiger partial charge < -0.3 is 15.7 Å². The van der Waals surface area contributed by atoms with Gasteiger partial charge in [-0.15, -0.1) is 11.3 Å². The molecule has 112 valence electrons. The SMILES string of the molecule is CCNC(=NCc1cccc(O)c1)NC(C)c1cccs1. The Morgan fingerprint density at radius 3 is 2.86 bits per heavy atom. The molecule has 1 aromatic carbocycles. The van der Waals surface area contributed by atoms with Crippen molar-refractivity contribution in [3.63, 3.8) is 0 Å². The second-order valence-corrected chi connectivity index (χ2v) is 5.73. The van der Waals surface area contributed by atoms with Gasteiger partial charge in [-0.25, -0.2) is 4.99 Å². The number of aliphatic imine (C=N–C) groups is 1. The van der Waals surface area contributed by atoms with Gasteiger partial charge in [0, 0.05) is 11.4 Å². The molecule has 0 radical (unpaired) electrons. The number of phenols is 1. The fourth-order valence-corrected chi connectivity index (χ4v) is 2.69. The van der Waals surface area contributed by atoms with E-state index in [4.69, 9.17) is 0 Å². The normalized spacial score (nSPS) is 13.0. The summed E-state index contributed by atoms with van der Waals surface area (Å²) in [5, 5.41) is 18.2. The van der Waals surface area contributed by atoms with Gasteiger partial charge in [-0.3, -0.25) is 0 Å². The third-order valence-electron chi connectivity index (χ3n) is 3.00. The maximum absolute atomic E-state index is 9.47.